The molecule has 0 aromatic heterocycles. The molecular weight excluding hydrogens is 310 g/mol. The number of anilines is 1. The van der Waals surface area contributed by atoms with Crippen LogP contribution < -0.4 is 4.90 Å². The van der Waals surface area contributed by atoms with Crippen molar-refractivity contribution >= 4 is 23.4 Å². The fourth-order valence-corrected chi connectivity index (χ4v) is 2.70. The molecule has 0 atom stereocenters. The summed E-state index contributed by atoms with van der Waals surface area (Å²) in [7, 11) is 0. The lowest BCUT2D eigenvalue weighted by molar-refractivity contribution is -0.384. The predicted molar refractivity (Wildman–Crippen MR) is 89.4 cm³/mol. The van der Waals surface area contributed by atoms with E-state index in [1.165, 1.54) is 18.2 Å². The second-order valence-corrected chi connectivity index (χ2v) is 5.44. The summed E-state index contributed by atoms with van der Waals surface area (Å²) in [6, 6.07) is 6.32. The van der Waals surface area contributed by atoms with Crippen LogP contribution in [-0.4, -0.2) is 30.6 Å². The van der Waals surface area contributed by atoms with Crippen LogP contribution in [0.4, 0.5) is 11.4 Å². The molecular formula is C17H19N3O4. The van der Waals surface area contributed by atoms with Gasteiger partial charge in [-0.15, -0.1) is 0 Å². The van der Waals surface area contributed by atoms with Crippen molar-refractivity contribution in [3.05, 3.63) is 39.4 Å². The highest BCUT2D eigenvalue weighted by Crippen LogP contribution is 2.29. The number of carbonyl (C=O) groups excluding carboxylic acids is 1. The second kappa shape index (κ2) is 8.11. The number of piperidine rings is 1. The van der Waals surface area contributed by atoms with E-state index < -0.39 is 10.9 Å². The van der Waals surface area contributed by atoms with Gasteiger partial charge in [0.2, 0.25) is 0 Å². The number of nitro groups is 1. The monoisotopic (exact) mass is 329 g/mol. The third kappa shape index (κ3) is 4.10. The zero-order valence-corrected chi connectivity index (χ0v) is 13.5. The Morgan fingerprint density at radius 1 is 1.42 bits per heavy atom. The van der Waals surface area contributed by atoms with Crippen LogP contribution in [0, 0.1) is 21.4 Å². The summed E-state index contributed by atoms with van der Waals surface area (Å²) in [5.74, 6) is -0.726. The van der Waals surface area contributed by atoms with Gasteiger partial charge < -0.3 is 9.64 Å². The molecule has 1 aliphatic heterocycles. The SMILES string of the molecule is CCOC(=O)C(C#N)=Cc1cc([N+](=O)[O-])ccc1N1CCCCC1. The zero-order chi connectivity index (χ0) is 17.5. The van der Waals surface area contributed by atoms with Gasteiger partial charge in [-0.3, -0.25) is 10.1 Å². The molecule has 24 heavy (non-hydrogen) atoms. The lowest BCUT2D eigenvalue weighted by atomic mass is 10.0. The van der Waals surface area contributed by atoms with Gasteiger partial charge in [0.15, 0.2) is 0 Å². The average Bonchev–Trinajstić information content (AvgIpc) is 2.60. The molecule has 0 unspecified atom stereocenters. The van der Waals surface area contributed by atoms with Gasteiger partial charge in [0.25, 0.3) is 5.69 Å². The Labute approximate surface area is 140 Å². The molecule has 1 heterocycles. The average molecular weight is 329 g/mol. The van der Waals surface area contributed by atoms with E-state index in [-0.39, 0.29) is 17.9 Å². The second-order valence-electron chi connectivity index (χ2n) is 5.44. The molecule has 7 heteroatoms. The number of nitro benzene ring substituents is 1. The van der Waals surface area contributed by atoms with Crippen LogP contribution in [0.3, 0.4) is 0 Å². The number of nitriles is 1. The van der Waals surface area contributed by atoms with Crippen molar-refractivity contribution in [2.45, 2.75) is 26.2 Å². The van der Waals surface area contributed by atoms with Gasteiger partial charge in [0.1, 0.15) is 11.6 Å². The van der Waals surface area contributed by atoms with Crippen molar-refractivity contribution in [3.8, 4) is 6.07 Å². The number of non-ortho nitro benzene ring substituents is 1. The summed E-state index contributed by atoms with van der Waals surface area (Å²) in [4.78, 5) is 24.5. The van der Waals surface area contributed by atoms with Gasteiger partial charge in [-0.1, -0.05) is 0 Å². The third-order valence-corrected chi connectivity index (χ3v) is 3.83. The fraction of sp³-hybridized carbons (Fsp3) is 0.412. The van der Waals surface area contributed by atoms with Crippen LogP contribution in [0.1, 0.15) is 31.7 Å². The van der Waals surface area contributed by atoms with Crippen molar-refractivity contribution in [1.82, 2.24) is 0 Å². The standard InChI is InChI=1S/C17H19N3O4/c1-2-24-17(21)14(12-18)10-13-11-15(20(22)23)6-7-16(13)19-8-4-3-5-9-19/h6-7,10-11H,2-5,8-9H2,1H3. The minimum atomic E-state index is -0.726. The first kappa shape index (κ1) is 17.5. The van der Waals surface area contributed by atoms with E-state index in [2.05, 4.69) is 4.90 Å². The summed E-state index contributed by atoms with van der Waals surface area (Å²) in [5.41, 5.74) is 1.02. The number of hydrogen-bond acceptors (Lipinski definition) is 6. The highest BCUT2D eigenvalue weighted by Gasteiger charge is 2.19. The Bertz CT molecular complexity index is 700. The minimum absolute atomic E-state index is 0.0804. The van der Waals surface area contributed by atoms with Crippen LogP contribution in [0.5, 0.6) is 0 Å². The quantitative estimate of drug-likeness (QED) is 0.271. The third-order valence-electron chi connectivity index (χ3n) is 3.83. The van der Waals surface area contributed by atoms with E-state index in [4.69, 9.17) is 4.74 Å². The van der Waals surface area contributed by atoms with E-state index in [0.29, 0.717) is 5.56 Å². The molecule has 0 amide bonds. The van der Waals surface area contributed by atoms with Crippen molar-refractivity contribution in [1.29, 1.82) is 5.26 Å². The minimum Gasteiger partial charge on any atom is -0.462 e. The maximum atomic E-state index is 11.8. The summed E-state index contributed by atoms with van der Waals surface area (Å²) in [6.45, 7) is 3.51. The van der Waals surface area contributed by atoms with E-state index >= 15 is 0 Å². The fourth-order valence-electron chi connectivity index (χ4n) is 2.70. The molecule has 0 N–H and O–H groups in total. The molecule has 1 fully saturated rings. The summed E-state index contributed by atoms with van der Waals surface area (Å²) in [5, 5.41) is 20.2. The van der Waals surface area contributed by atoms with Crippen LogP contribution in [0.25, 0.3) is 6.08 Å². The molecule has 126 valence electrons. The molecule has 1 saturated heterocycles. The molecule has 0 aliphatic carbocycles. The van der Waals surface area contributed by atoms with E-state index in [9.17, 15) is 20.2 Å². The Hall–Kier alpha value is -2.88. The van der Waals surface area contributed by atoms with E-state index in [1.54, 1.807) is 13.0 Å². The summed E-state index contributed by atoms with van der Waals surface area (Å²) >= 11 is 0. The first-order chi connectivity index (χ1) is 11.6. The first-order valence-electron chi connectivity index (χ1n) is 7.89. The Morgan fingerprint density at radius 3 is 2.71 bits per heavy atom. The molecule has 1 aliphatic rings. The number of nitrogens with zero attached hydrogens (tertiary/aromatic N) is 3. The molecule has 7 nitrogen and oxygen atoms in total. The summed E-state index contributed by atoms with van der Waals surface area (Å²) in [6.07, 6.45) is 4.61. The van der Waals surface area contributed by atoms with E-state index in [1.807, 2.05) is 6.07 Å². The van der Waals surface area contributed by atoms with Crippen molar-refractivity contribution in [3.63, 3.8) is 0 Å². The zero-order valence-electron chi connectivity index (χ0n) is 13.5. The number of hydrogen-bond donors (Lipinski definition) is 0. The van der Waals surface area contributed by atoms with Gasteiger partial charge in [-0.05, 0) is 38.3 Å². The number of carbonyl (C=O) groups is 1. The molecule has 0 saturated carbocycles. The normalized spacial score (nSPS) is 14.8. The van der Waals surface area contributed by atoms with Crippen LogP contribution in [0.2, 0.25) is 0 Å². The Kier molecular flexibility index (Phi) is 5.90. The lowest BCUT2D eigenvalue weighted by Crippen LogP contribution is -2.30. The smallest absolute Gasteiger partial charge is 0.348 e. The predicted octanol–water partition coefficient (Wildman–Crippen LogP) is 3.06. The van der Waals surface area contributed by atoms with Crippen molar-refractivity contribution < 1.29 is 14.5 Å². The maximum Gasteiger partial charge on any atom is 0.348 e. The number of benzene rings is 1. The number of rotatable bonds is 5. The number of esters is 1. The highest BCUT2D eigenvalue weighted by atomic mass is 16.6. The largest absolute Gasteiger partial charge is 0.462 e. The maximum absolute atomic E-state index is 11.8. The van der Waals surface area contributed by atoms with Crippen molar-refractivity contribution in [2.24, 2.45) is 0 Å². The van der Waals surface area contributed by atoms with Gasteiger partial charge >= 0.3 is 5.97 Å². The lowest BCUT2D eigenvalue weighted by Gasteiger charge is -2.30. The highest BCUT2D eigenvalue weighted by molar-refractivity contribution is 5.98. The number of ether oxygens (including phenoxy) is 1. The Morgan fingerprint density at radius 2 is 2.12 bits per heavy atom. The van der Waals surface area contributed by atoms with E-state index in [0.717, 1.165) is 38.0 Å². The topological polar surface area (TPSA) is 96.5 Å². The van der Waals surface area contributed by atoms with Crippen LogP contribution in [-0.2, 0) is 9.53 Å². The molecule has 1 aromatic rings. The molecule has 0 radical (unpaired) electrons. The van der Waals surface area contributed by atoms with Gasteiger partial charge in [-0.2, -0.15) is 5.26 Å². The molecule has 0 spiro atoms. The summed E-state index contributed by atoms with van der Waals surface area (Å²) < 4.78 is 4.85. The van der Waals surface area contributed by atoms with Gasteiger partial charge in [0.05, 0.1) is 11.5 Å². The molecule has 1 aromatic carbocycles. The first-order valence-corrected chi connectivity index (χ1v) is 7.89. The molecule has 0 bridgehead atoms. The van der Waals surface area contributed by atoms with Crippen LogP contribution in [0.15, 0.2) is 23.8 Å². The van der Waals surface area contributed by atoms with Gasteiger partial charge in [-0.25, -0.2) is 4.79 Å². The van der Waals surface area contributed by atoms with Gasteiger partial charge in [0, 0.05) is 36.5 Å². The van der Waals surface area contributed by atoms with Crippen LogP contribution >= 0.6 is 0 Å². The Balaban J connectivity index is 2.47. The van der Waals surface area contributed by atoms with Crippen molar-refractivity contribution in [2.75, 3.05) is 24.6 Å². The molecule has 2 rings (SSSR count).